The first-order valence-corrected chi connectivity index (χ1v) is 8.99. The van der Waals surface area contributed by atoms with Gasteiger partial charge in [0.2, 0.25) is 0 Å². The Morgan fingerprint density at radius 2 is 1.27 bits per heavy atom. The van der Waals surface area contributed by atoms with Crippen LogP contribution in [0.5, 0.6) is 0 Å². The number of unbranched alkanes of at least 4 members (excludes halogenated alkanes) is 1. The van der Waals surface area contributed by atoms with Crippen LogP contribution >= 0.6 is 0 Å². The molecule has 0 unspecified atom stereocenters. The zero-order valence-corrected chi connectivity index (χ0v) is 15.8. The average molecular weight is 356 g/mol. The molecule has 0 amide bonds. The Labute approximate surface area is 156 Å². The van der Waals surface area contributed by atoms with Crippen LogP contribution < -0.4 is 0 Å². The lowest BCUT2D eigenvalue weighted by Crippen LogP contribution is -2.09. The monoisotopic (exact) mass is 356 g/mol. The number of hydrogen-bond donors (Lipinski definition) is 0. The minimum Gasteiger partial charge on any atom is -0.462 e. The predicted molar refractivity (Wildman–Crippen MR) is 103 cm³/mol. The number of carbonyl (C=O) groups is 2. The quantitative estimate of drug-likeness (QED) is 0.509. The maximum absolute atomic E-state index is 11.3. The summed E-state index contributed by atoms with van der Waals surface area (Å²) in [7, 11) is 0. The van der Waals surface area contributed by atoms with E-state index >= 15 is 0 Å². The molecule has 0 spiro atoms. The fourth-order valence-electron chi connectivity index (χ4n) is 1.87. The smallest absolute Gasteiger partial charge is 0.338 e. The van der Waals surface area contributed by atoms with E-state index in [1.54, 1.807) is 24.3 Å². The third-order valence-corrected chi connectivity index (χ3v) is 3.30. The van der Waals surface area contributed by atoms with Crippen molar-refractivity contribution in [1.29, 1.82) is 0 Å². The van der Waals surface area contributed by atoms with E-state index < -0.39 is 0 Å². The van der Waals surface area contributed by atoms with Gasteiger partial charge in [-0.15, -0.1) is 0 Å². The van der Waals surface area contributed by atoms with E-state index in [4.69, 9.17) is 9.47 Å². The van der Waals surface area contributed by atoms with Crippen LogP contribution in [0.3, 0.4) is 0 Å². The van der Waals surface area contributed by atoms with E-state index in [2.05, 4.69) is 6.92 Å². The topological polar surface area (TPSA) is 52.6 Å². The van der Waals surface area contributed by atoms with Crippen LogP contribution in [0.25, 0.3) is 0 Å². The highest BCUT2D eigenvalue weighted by molar-refractivity contribution is 5.89. The molecule has 2 aromatic carbocycles. The van der Waals surface area contributed by atoms with Crippen molar-refractivity contribution in [2.75, 3.05) is 13.2 Å². The third kappa shape index (κ3) is 9.02. The number of benzene rings is 2. The molecule has 0 bridgehead atoms. The summed E-state index contributed by atoms with van der Waals surface area (Å²) in [5.41, 5.74) is 1.24. The standard InChI is InChI=1S/2C11H14O2/c1-9(2)8-13-11(12)10-6-4-3-5-7-10;1-2-3-9-13-11(12)10-7-5-4-6-8-10/h3-7,9H,8H2,1-2H3;4-8H,2-3,9H2,1H3. The molecular weight excluding hydrogens is 328 g/mol. The van der Waals surface area contributed by atoms with Gasteiger partial charge in [0.1, 0.15) is 0 Å². The normalized spacial score (nSPS) is 9.85. The highest BCUT2D eigenvalue weighted by Crippen LogP contribution is 2.03. The second-order valence-corrected chi connectivity index (χ2v) is 6.21. The molecule has 4 heteroatoms. The fourth-order valence-corrected chi connectivity index (χ4v) is 1.87. The van der Waals surface area contributed by atoms with E-state index in [0.717, 1.165) is 12.8 Å². The summed E-state index contributed by atoms with van der Waals surface area (Å²) >= 11 is 0. The van der Waals surface area contributed by atoms with Gasteiger partial charge in [0.05, 0.1) is 24.3 Å². The second kappa shape index (κ2) is 12.7. The molecule has 0 heterocycles. The number of carbonyl (C=O) groups excluding carboxylic acids is 2. The van der Waals surface area contributed by atoms with Gasteiger partial charge in [0.15, 0.2) is 0 Å². The van der Waals surface area contributed by atoms with Gasteiger partial charge < -0.3 is 9.47 Å². The minimum atomic E-state index is -0.241. The fraction of sp³-hybridized carbons (Fsp3) is 0.364. The van der Waals surface area contributed by atoms with Gasteiger partial charge in [-0.1, -0.05) is 63.6 Å². The molecule has 0 fully saturated rings. The molecule has 0 atom stereocenters. The zero-order chi connectivity index (χ0) is 19.2. The molecule has 26 heavy (non-hydrogen) atoms. The van der Waals surface area contributed by atoms with Crippen LogP contribution in [0, 0.1) is 5.92 Å². The highest BCUT2D eigenvalue weighted by Gasteiger charge is 2.06. The Bertz CT molecular complexity index is 636. The average Bonchev–Trinajstić information content (AvgIpc) is 2.68. The zero-order valence-electron chi connectivity index (χ0n) is 15.8. The van der Waals surface area contributed by atoms with E-state index in [1.165, 1.54) is 0 Å². The Morgan fingerprint density at radius 3 is 1.69 bits per heavy atom. The first kappa shape index (κ1) is 21.4. The molecule has 0 aliphatic rings. The van der Waals surface area contributed by atoms with Crippen molar-refractivity contribution in [3.8, 4) is 0 Å². The number of ether oxygens (including phenoxy) is 2. The van der Waals surface area contributed by atoms with E-state index in [9.17, 15) is 9.59 Å². The lowest BCUT2D eigenvalue weighted by molar-refractivity contribution is 0.0457. The summed E-state index contributed by atoms with van der Waals surface area (Å²) in [6.07, 6.45) is 1.97. The van der Waals surface area contributed by atoms with E-state index in [-0.39, 0.29) is 11.9 Å². The maximum atomic E-state index is 11.3. The number of hydrogen-bond acceptors (Lipinski definition) is 4. The van der Waals surface area contributed by atoms with Gasteiger partial charge in [-0.25, -0.2) is 9.59 Å². The summed E-state index contributed by atoms with van der Waals surface area (Å²) < 4.78 is 10.1. The summed E-state index contributed by atoms with van der Waals surface area (Å²) in [6.45, 7) is 7.09. The van der Waals surface area contributed by atoms with Crippen molar-refractivity contribution in [1.82, 2.24) is 0 Å². The molecule has 0 saturated carbocycles. The SMILES string of the molecule is CC(C)COC(=O)c1ccccc1.CCCCOC(=O)c1ccccc1. The summed E-state index contributed by atoms with van der Waals surface area (Å²) in [5, 5.41) is 0. The molecular formula is C22H28O4. The molecule has 0 N–H and O–H groups in total. The summed E-state index contributed by atoms with van der Waals surface area (Å²) in [4.78, 5) is 22.6. The van der Waals surface area contributed by atoms with Gasteiger partial charge in [-0.2, -0.15) is 0 Å². The molecule has 0 aromatic heterocycles. The Morgan fingerprint density at radius 1 is 0.808 bits per heavy atom. The van der Waals surface area contributed by atoms with E-state index in [0.29, 0.717) is 30.3 Å². The molecule has 0 aliphatic heterocycles. The highest BCUT2D eigenvalue weighted by atomic mass is 16.5. The Kier molecular flexibility index (Phi) is 10.5. The van der Waals surface area contributed by atoms with Crippen LogP contribution in [0.4, 0.5) is 0 Å². The van der Waals surface area contributed by atoms with Crippen LogP contribution in [-0.4, -0.2) is 25.2 Å². The molecule has 140 valence electrons. The van der Waals surface area contributed by atoms with Crippen LogP contribution in [-0.2, 0) is 9.47 Å². The van der Waals surface area contributed by atoms with Crippen molar-refractivity contribution in [3.05, 3.63) is 71.8 Å². The molecule has 4 nitrogen and oxygen atoms in total. The second-order valence-electron chi connectivity index (χ2n) is 6.21. The van der Waals surface area contributed by atoms with Gasteiger partial charge >= 0.3 is 11.9 Å². The van der Waals surface area contributed by atoms with E-state index in [1.807, 2.05) is 50.2 Å². The van der Waals surface area contributed by atoms with Crippen LogP contribution in [0.1, 0.15) is 54.3 Å². The number of esters is 2. The lowest BCUT2D eigenvalue weighted by atomic mass is 10.2. The Hall–Kier alpha value is -2.62. The third-order valence-electron chi connectivity index (χ3n) is 3.30. The summed E-state index contributed by atoms with van der Waals surface area (Å²) in [6, 6.07) is 18.1. The predicted octanol–water partition coefficient (Wildman–Crippen LogP) is 5.14. The van der Waals surface area contributed by atoms with Gasteiger partial charge in [0.25, 0.3) is 0 Å². The van der Waals surface area contributed by atoms with Crippen molar-refractivity contribution in [2.45, 2.75) is 33.6 Å². The van der Waals surface area contributed by atoms with Crippen molar-refractivity contribution >= 4 is 11.9 Å². The maximum Gasteiger partial charge on any atom is 0.338 e. The van der Waals surface area contributed by atoms with Crippen molar-refractivity contribution in [2.24, 2.45) is 5.92 Å². The first-order chi connectivity index (χ1) is 12.5. The van der Waals surface area contributed by atoms with Crippen LogP contribution in [0.15, 0.2) is 60.7 Å². The largest absolute Gasteiger partial charge is 0.462 e. The van der Waals surface area contributed by atoms with Crippen molar-refractivity contribution in [3.63, 3.8) is 0 Å². The lowest BCUT2D eigenvalue weighted by Gasteiger charge is -2.06. The molecule has 2 rings (SSSR count). The van der Waals surface area contributed by atoms with Gasteiger partial charge in [0, 0.05) is 0 Å². The molecule has 0 aliphatic carbocycles. The van der Waals surface area contributed by atoms with Gasteiger partial charge in [-0.3, -0.25) is 0 Å². The minimum absolute atomic E-state index is 0.228. The molecule has 0 radical (unpaired) electrons. The number of rotatable bonds is 7. The first-order valence-electron chi connectivity index (χ1n) is 8.99. The molecule has 2 aromatic rings. The Balaban J connectivity index is 0.000000260. The molecule has 0 saturated heterocycles. The van der Waals surface area contributed by atoms with Crippen molar-refractivity contribution < 1.29 is 19.1 Å². The summed E-state index contributed by atoms with van der Waals surface area (Å²) in [5.74, 6) is -0.0870. The van der Waals surface area contributed by atoms with Gasteiger partial charge in [-0.05, 0) is 36.6 Å². The van der Waals surface area contributed by atoms with Crippen LogP contribution in [0.2, 0.25) is 0 Å².